The van der Waals surface area contributed by atoms with Crippen molar-refractivity contribution in [1.29, 1.82) is 0 Å². The van der Waals surface area contributed by atoms with Crippen molar-refractivity contribution in [2.75, 3.05) is 18.0 Å². The minimum absolute atomic E-state index is 0.227. The Morgan fingerprint density at radius 1 is 1.30 bits per heavy atom. The second kappa shape index (κ2) is 6.40. The Hall–Kier alpha value is -1.14. The molecule has 1 aliphatic heterocycles. The molecule has 1 aliphatic rings. The number of esters is 1. The molecule has 0 aromatic carbocycles. The highest BCUT2D eigenvalue weighted by Gasteiger charge is 2.39. The number of anilines is 1. The predicted molar refractivity (Wildman–Crippen MR) is 93.6 cm³/mol. The highest BCUT2D eigenvalue weighted by atomic mass is 79.9. The number of halogens is 1. The van der Waals surface area contributed by atoms with Crippen molar-refractivity contribution in [1.82, 2.24) is 4.98 Å². The van der Waals surface area contributed by atoms with Crippen LogP contribution in [0.4, 0.5) is 5.69 Å². The van der Waals surface area contributed by atoms with E-state index in [1.165, 1.54) is 0 Å². The first-order valence-corrected chi connectivity index (χ1v) is 8.63. The van der Waals surface area contributed by atoms with E-state index in [9.17, 15) is 9.90 Å². The van der Waals surface area contributed by atoms with Crippen LogP contribution in [0.1, 0.15) is 50.8 Å². The lowest BCUT2D eigenvalue weighted by Crippen LogP contribution is -2.53. The molecule has 0 aliphatic carbocycles. The Morgan fingerprint density at radius 2 is 1.87 bits per heavy atom. The van der Waals surface area contributed by atoms with Gasteiger partial charge in [0.1, 0.15) is 0 Å². The van der Waals surface area contributed by atoms with Crippen molar-refractivity contribution in [2.24, 2.45) is 5.41 Å². The topological polar surface area (TPSA) is 62.7 Å². The summed E-state index contributed by atoms with van der Waals surface area (Å²) in [6.07, 6.45) is -1.61. The lowest BCUT2D eigenvalue weighted by Gasteiger charge is -2.48. The van der Waals surface area contributed by atoms with E-state index in [-0.39, 0.29) is 11.5 Å². The number of pyridine rings is 1. The van der Waals surface area contributed by atoms with E-state index in [0.29, 0.717) is 11.3 Å². The molecule has 0 spiro atoms. The highest BCUT2D eigenvalue weighted by molar-refractivity contribution is 9.10. The van der Waals surface area contributed by atoms with Gasteiger partial charge in [-0.15, -0.1) is 0 Å². The van der Waals surface area contributed by atoms with Crippen molar-refractivity contribution in [2.45, 2.75) is 53.8 Å². The first kappa shape index (κ1) is 18.2. The molecule has 1 fully saturated rings. The average Bonchev–Trinajstić information content (AvgIpc) is 2.38. The molecule has 0 saturated carbocycles. The summed E-state index contributed by atoms with van der Waals surface area (Å²) in [7, 11) is 0. The van der Waals surface area contributed by atoms with Gasteiger partial charge in [0.2, 0.25) is 0 Å². The SMILES string of the molecule is Cc1nc(C)c(C(O)C(=O)OC(C)C)c(N2CC(C)(C)C2)c1Br. The van der Waals surface area contributed by atoms with Gasteiger partial charge >= 0.3 is 5.97 Å². The summed E-state index contributed by atoms with van der Waals surface area (Å²) in [4.78, 5) is 18.8. The minimum Gasteiger partial charge on any atom is -0.461 e. The van der Waals surface area contributed by atoms with Gasteiger partial charge in [0, 0.05) is 24.3 Å². The van der Waals surface area contributed by atoms with Gasteiger partial charge in [-0.05, 0) is 49.0 Å². The van der Waals surface area contributed by atoms with Gasteiger partial charge in [-0.2, -0.15) is 0 Å². The minimum atomic E-state index is -1.33. The average molecular weight is 385 g/mol. The smallest absolute Gasteiger partial charge is 0.340 e. The fourth-order valence-electron chi connectivity index (χ4n) is 3.02. The summed E-state index contributed by atoms with van der Waals surface area (Å²) in [5.74, 6) is -0.637. The van der Waals surface area contributed by atoms with E-state index in [0.717, 1.165) is 28.9 Å². The standard InChI is InChI=1S/C17H25BrN2O3/c1-9(2)23-16(22)15(21)12-10(3)19-11(4)13(18)14(12)20-7-17(5,6)8-20/h9,15,21H,7-8H2,1-6H3. The van der Waals surface area contributed by atoms with E-state index in [1.54, 1.807) is 13.8 Å². The second-order valence-corrected chi connectivity index (χ2v) is 8.06. The van der Waals surface area contributed by atoms with E-state index in [4.69, 9.17) is 4.74 Å². The third kappa shape index (κ3) is 3.69. The fourth-order valence-corrected chi connectivity index (χ4v) is 3.57. The van der Waals surface area contributed by atoms with Crippen molar-refractivity contribution in [3.63, 3.8) is 0 Å². The van der Waals surface area contributed by atoms with Gasteiger partial charge in [-0.3, -0.25) is 4.98 Å². The number of aliphatic hydroxyl groups excluding tert-OH is 1. The molecule has 1 aromatic heterocycles. The third-order valence-electron chi connectivity index (χ3n) is 3.91. The summed E-state index contributed by atoms with van der Waals surface area (Å²) >= 11 is 3.58. The number of ether oxygens (including phenoxy) is 1. The van der Waals surface area contributed by atoms with Crippen LogP contribution in [0, 0.1) is 19.3 Å². The monoisotopic (exact) mass is 384 g/mol. The van der Waals surface area contributed by atoms with Crippen molar-refractivity contribution in [3.8, 4) is 0 Å². The molecular weight excluding hydrogens is 360 g/mol. The number of hydrogen-bond acceptors (Lipinski definition) is 5. The number of aromatic nitrogens is 1. The van der Waals surface area contributed by atoms with Gasteiger partial charge in [0.25, 0.3) is 0 Å². The van der Waals surface area contributed by atoms with Gasteiger partial charge in [0.05, 0.1) is 22.0 Å². The molecule has 2 heterocycles. The summed E-state index contributed by atoms with van der Waals surface area (Å²) < 4.78 is 5.99. The van der Waals surface area contributed by atoms with Crippen LogP contribution in [0.3, 0.4) is 0 Å². The number of rotatable bonds is 4. The molecule has 1 saturated heterocycles. The summed E-state index contributed by atoms with van der Waals surface area (Å²) in [5.41, 5.74) is 3.10. The quantitative estimate of drug-likeness (QED) is 0.806. The lowest BCUT2D eigenvalue weighted by atomic mass is 9.83. The van der Waals surface area contributed by atoms with Crippen LogP contribution in [0.15, 0.2) is 4.47 Å². The lowest BCUT2D eigenvalue weighted by molar-refractivity contribution is -0.157. The maximum absolute atomic E-state index is 12.2. The molecule has 6 heteroatoms. The zero-order valence-electron chi connectivity index (χ0n) is 14.6. The highest BCUT2D eigenvalue weighted by Crippen LogP contribution is 2.43. The number of hydrogen-bond donors (Lipinski definition) is 1. The maximum Gasteiger partial charge on any atom is 0.340 e. The van der Waals surface area contributed by atoms with Crippen LogP contribution in [-0.2, 0) is 9.53 Å². The van der Waals surface area contributed by atoms with Crippen LogP contribution < -0.4 is 4.90 Å². The van der Waals surface area contributed by atoms with Gasteiger partial charge < -0.3 is 14.7 Å². The first-order valence-electron chi connectivity index (χ1n) is 7.83. The molecule has 0 radical (unpaired) electrons. The van der Waals surface area contributed by atoms with Crippen molar-refractivity contribution < 1.29 is 14.6 Å². The normalized spacial score (nSPS) is 17.9. The molecule has 0 amide bonds. The zero-order chi connectivity index (χ0) is 17.5. The molecular formula is C17H25BrN2O3. The number of aryl methyl sites for hydroxylation is 2. The van der Waals surface area contributed by atoms with Crippen LogP contribution >= 0.6 is 15.9 Å². The zero-order valence-corrected chi connectivity index (χ0v) is 16.2. The molecule has 0 bridgehead atoms. The Kier molecular flexibility index (Phi) is 5.06. The molecule has 128 valence electrons. The number of carbonyl (C=O) groups is 1. The number of aliphatic hydroxyl groups is 1. The van der Waals surface area contributed by atoms with E-state index >= 15 is 0 Å². The largest absolute Gasteiger partial charge is 0.461 e. The number of nitrogens with zero attached hydrogens (tertiary/aromatic N) is 2. The summed E-state index contributed by atoms with van der Waals surface area (Å²) in [5, 5.41) is 10.6. The van der Waals surface area contributed by atoms with Crippen LogP contribution in [0.5, 0.6) is 0 Å². The Labute approximate surface area is 146 Å². The van der Waals surface area contributed by atoms with Gasteiger partial charge in [-0.1, -0.05) is 13.8 Å². The first-order chi connectivity index (χ1) is 10.5. The number of carbonyl (C=O) groups excluding carboxylic acids is 1. The summed E-state index contributed by atoms with van der Waals surface area (Å²) in [6.45, 7) is 13.4. The predicted octanol–water partition coefficient (Wildman–Crippen LogP) is 3.29. The van der Waals surface area contributed by atoms with E-state index in [1.807, 2.05) is 13.8 Å². The Morgan fingerprint density at radius 3 is 2.35 bits per heavy atom. The van der Waals surface area contributed by atoms with Crippen molar-refractivity contribution in [3.05, 3.63) is 21.4 Å². The van der Waals surface area contributed by atoms with E-state index < -0.39 is 12.1 Å². The van der Waals surface area contributed by atoms with Crippen LogP contribution in [0.25, 0.3) is 0 Å². The van der Waals surface area contributed by atoms with Crippen LogP contribution in [0.2, 0.25) is 0 Å². The van der Waals surface area contributed by atoms with Crippen molar-refractivity contribution >= 4 is 27.6 Å². The second-order valence-electron chi connectivity index (χ2n) is 7.27. The molecule has 23 heavy (non-hydrogen) atoms. The van der Waals surface area contributed by atoms with Gasteiger partial charge in [0.15, 0.2) is 6.10 Å². The Bertz CT molecular complexity index is 621. The molecule has 2 rings (SSSR count). The van der Waals surface area contributed by atoms with Crippen LogP contribution in [-0.4, -0.2) is 35.3 Å². The Balaban J connectivity index is 2.46. The molecule has 1 unspecified atom stereocenters. The molecule has 1 N–H and O–H groups in total. The molecule has 5 nitrogen and oxygen atoms in total. The molecule has 1 atom stereocenters. The summed E-state index contributed by atoms with van der Waals surface area (Å²) in [6, 6.07) is 0. The van der Waals surface area contributed by atoms with Gasteiger partial charge in [-0.25, -0.2) is 4.79 Å². The maximum atomic E-state index is 12.2. The molecule has 1 aromatic rings. The van der Waals surface area contributed by atoms with E-state index in [2.05, 4.69) is 39.7 Å². The third-order valence-corrected chi connectivity index (χ3v) is 4.86. The fraction of sp³-hybridized carbons (Fsp3) is 0.647.